The highest BCUT2D eigenvalue weighted by Gasteiger charge is 2.67. The number of halogens is 4. The van der Waals surface area contributed by atoms with Crippen LogP contribution in [0.1, 0.15) is 11.7 Å². The van der Waals surface area contributed by atoms with Gasteiger partial charge in [-0.1, -0.05) is 23.7 Å². The van der Waals surface area contributed by atoms with E-state index in [4.69, 9.17) is 21.8 Å². The van der Waals surface area contributed by atoms with E-state index in [1.807, 2.05) is 0 Å². The van der Waals surface area contributed by atoms with Crippen molar-refractivity contribution in [3.05, 3.63) is 34.9 Å². The summed E-state index contributed by atoms with van der Waals surface area (Å²) in [7, 11) is 0. The molecule has 0 radical (unpaired) electrons. The topological polar surface area (TPSA) is 53.0 Å². The molecule has 0 spiro atoms. The van der Waals surface area contributed by atoms with Crippen LogP contribution in [0.25, 0.3) is 0 Å². The second-order valence-electron chi connectivity index (χ2n) is 3.75. The van der Waals surface area contributed by atoms with Crippen molar-refractivity contribution in [1.29, 1.82) is 0 Å². The third-order valence-corrected chi connectivity index (χ3v) is 2.76. The van der Waals surface area contributed by atoms with E-state index in [0.717, 1.165) is 0 Å². The van der Waals surface area contributed by atoms with Gasteiger partial charge in [0.25, 0.3) is 5.79 Å². The van der Waals surface area contributed by atoms with Gasteiger partial charge in [-0.15, -0.1) is 0 Å². The highest BCUT2D eigenvalue weighted by molar-refractivity contribution is 6.30. The van der Waals surface area contributed by atoms with Crippen molar-refractivity contribution in [3.8, 4) is 0 Å². The Bertz CT molecular complexity index is 416. The van der Waals surface area contributed by atoms with E-state index in [0.29, 0.717) is 10.6 Å². The predicted molar refractivity (Wildman–Crippen MR) is 52.3 cm³/mol. The van der Waals surface area contributed by atoms with E-state index in [1.54, 1.807) is 0 Å². The van der Waals surface area contributed by atoms with Gasteiger partial charge >= 0.3 is 6.18 Å². The van der Waals surface area contributed by atoms with Crippen molar-refractivity contribution in [3.63, 3.8) is 0 Å². The molecule has 7 heteroatoms. The van der Waals surface area contributed by atoms with Crippen LogP contribution >= 0.6 is 11.6 Å². The molecule has 1 aromatic rings. The summed E-state index contributed by atoms with van der Waals surface area (Å²) in [5.74, 6) is -3.84. The standard InChI is InChI=1S/C10H8ClF3O3/c11-6-3-1-5(2-4-6)7-8(17-7)9(15,16)10(12,13)14/h1-4,7-8,15-16H/t7-,8+/m1/s1. The second-order valence-corrected chi connectivity index (χ2v) is 4.19. The van der Waals surface area contributed by atoms with Crippen molar-refractivity contribution in [2.75, 3.05) is 0 Å². The molecule has 1 fully saturated rings. The average molecular weight is 269 g/mol. The van der Waals surface area contributed by atoms with E-state index in [9.17, 15) is 13.2 Å². The quantitative estimate of drug-likeness (QED) is 0.637. The Balaban J connectivity index is 2.13. The molecule has 3 nitrogen and oxygen atoms in total. The first-order valence-corrected chi connectivity index (χ1v) is 5.03. The first kappa shape index (κ1) is 12.6. The first-order valence-electron chi connectivity index (χ1n) is 4.66. The third kappa shape index (κ3) is 2.26. The molecule has 1 aliphatic rings. The molecule has 0 aromatic heterocycles. The molecule has 1 aromatic carbocycles. The zero-order valence-electron chi connectivity index (χ0n) is 8.28. The lowest BCUT2D eigenvalue weighted by atomic mass is 10.0. The maximum atomic E-state index is 12.3. The molecule has 2 atom stereocenters. The first-order chi connectivity index (χ1) is 7.73. The summed E-state index contributed by atoms with van der Waals surface area (Å²) in [4.78, 5) is 0. The summed E-state index contributed by atoms with van der Waals surface area (Å²) in [5, 5.41) is 18.3. The molecule has 1 heterocycles. The molecule has 2 N–H and O–H groups in total. The van der Waals surface area contributed by atoms with Gasteiger partial charge in [-0.2, -0.15) is 13.2 Å². The monoisotopic (exact) mass is 268 g/mol. The Morgan fingerprint density at radius 2 is 1.65 bits per heavy atom. The summed E-state index contributed by atoms with van der Waals surface area (Å²) in [6, 6.07) is 5.91. The molecule has 0 saturated carbocycles. The summed E-state index contributed by atoms with van der Waals surface area (Å²) in [6.07, 6.45) is -7.84. The molecule has 94 valence electrons. The lowest BCUT2D eigenvalue weighted by Gasteiger charge is -2.22. The van der Waals surface area contributed by atoms with Gasteiger partial charge in [0.15, 0.2) is 6.10 Å². The van der Waals surface area contributed by atoms with Crippen LogP contribution in [0.5, 0.6) is 0 Å². The highest BCUT2D eigenvalue weighted by Crippen LogP contribution is 2.49. The van der Waals surface area contributed by atoms with Gasteiger partial charge in [0.1, 0.15) is 6.10 Å². The van der Waals surface area contributed by atoms with Gasteiger partial charge in [-0.25, -0.2) is 0 Å². The normalized spacial score (nSPS) is 24.8. The Morgan fingerprint density at radius 3 is 2.12 bits per heavy atom. The predicted octanol–water partition coefficient (Wildman–Crippen LogP) is 2.02. The van der Waals surface area contributed by atoms with E-state index in [2.05, 4.69) is 4.74 Å². The molecular weight excluding hydrogens is 261 g/mol. The van der Waals surface area contributed by atoms with Crippen molar-refractivity contribution in [2.24, 2.45) is 0 Å². The molecule has 0 amide bonds. The minimum absolute atomic E-state index is 0.413. The van der Waals surface area contributed by atoms with E-state index in [1.165, 1.54) is 24.3 Å². The van der Waals surface area contributed by atoms with Crippen LogP contribution in [0.15, 0.2) is 24.3 Å². The fourth-order valence-electron chi connectivity index (χ4n) is 1.49. The van der Waals surface area contributed by atoms with Crippen LogP contribution in [0.2, 0.25) is 5.02 Å². The Kier molecular flexibility index (Phi) is 2.86. The smallest absolute Gasteiger partial charge is 0.358 e. The number of hydrogen-bond donors (Lipinski definition) is 2. The number of aliphatic hydroxyl groups is 2. The summed E-state index contributed by atoms with van der Waals surface area (Å²) >= 11 is 5.62. The number of rotatable bonds is 2. The minimum atomic E-state index is -5.15. The van der Waals surface area contributed by atoms with Gasteiger partial charge in [-0.3, -0.25) is 0 Å². The summed E-state index contributed by atoms with van der Waals surface area (Å²) < 4.78 is 41.5. The van der Waals surface area contributed by atoms with Crippen molar-refractivity contribution in [1.82, 2.24) is 0 Å². The van der Waals surface area contributed by atoms with E-state index in [-0.39, 0.29) is 0 Å². The minimum Gasteiger partial charge on any atom is -0.358 e. The van der Waals surface area contributed by atoms with Gasteiger partial charge in [0.2, 0.25) is 0 Å². The number of hydrogen-bond acceptors (Lipinski definition) is 3. The lowest BCUT2D eigenvalue weighted by Crippen LogP contribution is -2.50. The lowest BCUT2D eigenvalue weighted by molar-refractivity contribution is -0.355. The molecule has 0 bridgehead atoms. The molecule has 0 unspecified atom stereocenters. The second kappa shape index (κ2) is 3.84. The molecule has 1 aliphatic heterocycles. The zero-order valence-corrected chi connectivity index (χ0v) is 9.03. The summed E-state index contributed by atoms with van der Waals surface area (Å²) in [6.45, 7) is 0. The highest BCUT2D eigenvalue weighted by atomic mass is 35.5. The summed E-state index contributed by atoms with van der Waals surface area (Å²) in [5.41, 5.74) is 0.413. The zero-order chi connectivity index (χ0) is 12.8. The van der Waals surface area contributed by atoms with Crippen molar-refractivity contribution >= 4 is 11.6 Å². The SMILES string of the molecule is OC(O)([C@H]1O[C@@H]1c1ccc(Cl)cc1)C(F)(F)F. The van der Waals surface area contributed by atoms with Gasteiger partial charge in [0, 0.05) is 5.02 Å². The molecule has 2 rings (SSSR count). The number of alkyl halides is 3. The fraction of sp³-hybridized carbons (Fsp3) is 0.400. The fourth-order valence-corrected chi connectivity index (χ4v) is 1.61. The number of epoxide rings is 1. The van der Waals surface area contributed by atoms with Gasteiger partial charge in [0.05, 0.1) is 0 Å². The van der Waals surface area contributed by atoms with Crippen LogP contribution in [0.3, 0.4) is 0 Å². The molecule has 1 saturated heterocycles. The Labute approximate surface area is 99.4 Å². The maximum absolute atomic E-state index is 12.3. The average Bonchev–Trinajstić information content (AvgIpc) is 2.97. The van der Waals surface area contributed by atoms with Crippen LogP contribution in [-0.4, -0.2) is 28.3 Å². The van der Waals surface area contributed by atoms with Crippen molar-refractivity contribution in [2.45, 2.75) is 24.2 Å². The maximum Gasteiger partial charge on any atom is 0.445 e. The molecule has 0 aliphatic carbocycles. The van der Waals surface area contributed by atoms with Gasteiger partial charge in [-0.05, 0) is 17.7 Å². The molecular formula is C10H8ClF3O3. The van der Waals surface area contributed by atoms with Crippen molar-refractivity contribution < 1.29 is 28.1 Å². The van der Waals surface area contributed by atoms with Crippen LogP contribution in [0.4, 0.5) is 13.2 Å². The van der Waals surface area contributed by atoms with E-state index >= 15 is 0 Å². The van der Waals surface area contributed by atoms with Gasteiger partial charge < -0.3 is 14.9 Å². The Hall–Kier alpha value is -0.820. The van der Waals surface area contributed by atoms with E-state index < -0.39 is 24.2 Å². The third-order valence-electron chi connectivity index (χ3n) is 2.50. The van der Waals surface area contributed by atoms with Crippen LogP contribution in [0, 0.1) is 0 Å². The van der Waals surface area contributed by atoms with Crippen LogP contribution < -0.4 is 0 Å². The van der Waals surface area contributed by atoms with Crippen LogP contribution in [-0.2, 0) is 4.74 Å². The molecule has 17 heavy (non-hydrogen) atoms. The number of ether oxygens (including phenoxy) is 1. The largest absolute Gasteiger partial charge is 0.445 e. The Morgan fingerprint density at radius 1 is 1.12 bits per heavy atom. The number of benzene rings is 1.